The Morgan fingerprint density at radius 2 is 2.36 bits per heavy atom. The molecule has 0 spiro atoms. The number of nitrogens with one attached hydrogen (secondary N) is 1. The van der Waals surface area contributed by atoms with Gasteiger partial charge in [0.1, 0.15) is 5.70 Å². The molecular weight excluding hydrogens is 198 g/mol. The molecule has 3 N–H and O–H groups in total. The highest BCUT2D eigenvalue weighted by Gasteiger charge is 2.13. The van der Waals surface area contributed by atoms with Crippen LogP contribution in [0.5, 0.6) is 0 Å². The Labute approximate surface area is 88.6 Å². The predicted octanol–water partition coefficient (Wildman–Crippen LogP) is 0.523. The summed E-state index contributed by atoms with van der Waals surface area (Å²) in [6, 6.07) is 0. The van der Waals surface area contributed by atoms with E-state index in [0.717, 1.165) is 11.3 Å². The summed E-state index contributed by atoms with van der Waals surface area (Å²) in [5, 5.41) is 4.52. The minimum absolute atomic E-state index is 0.378. The number of hydrogen-bond acceptors (Lipinski definition) is 4. The van der Waals surface area contributed by atoms with Crippen LogP contribution in [-0.2, 0) is 4.79 Å². The number of nitrogens with zero attached hydrogens (tertiary/aromatic N) is 1. The van der Waals surface area contributed by atoms with E-state index < -0.39 is 5.91 Å². The summed E-state index contributed by atoms with van der Waals surface area (Å²) >= 11 is 4.06. The maximum absolute atomic E-state index is 10.9. The van der Waals surface area contributed by atoms with Crippen molar-refractivity contribution >= 4 is 18.5 Å². The number of allylic oxidation sites excluding steroid dienone is 1. The number of nitrogens with two attached hydrogens (primary N) is 1. The maximum atomic E-state index is 10.9. The lowest BCUT2D eigenvalue weighted by Gasteiger charge is -2.24. The van der Waals surface area contributed by atoms with E-state index in [1.165, 1.54) is 0 Å². The van der Waals surface area contributed by atoms with E-state index in [9.17, 15) is 4.79 Å². The van der Waals surface area contributed by atoms with Gasteiger partial charge in [-0.15, -0.1) is 0 Å². The average Bonchev–Trinajstić information content (AvgIpc) is 2.16. The highest BCUT2D eigenvalue weighted by molar-refractivity contribution is 7.83. The second-order valence-electron chi connectivity index (χ2n) is 3.00. The van der Waals surface area contributed by atoms with Crippen LogP contribution in [0.2, 0.25) is 0 Å². The molecule has 0 unspecified atom stereocenters. The Morgan fingerprint density at radius 3 is 2.79 bits per heavy atom. The Morgan fingerprint density at radius 1 is 1.71 bits per heavy atom. The standard InChI is InChI=1S/C9H13N3OS/c1-6(5-14)8-3-11-7(9(10)13)4-12(8)2/h3-5,11,14H,1-2H3,(H2,10,13)/b6-5+. The molecule has 1 amide bonds. The molecule has 1 heterocycles. The van der Waals surface area contributed by atoms with Gasteiger partial charge in [-0.25, -0.2) is 0 Å². The second kappa shape index (κ2) is 4.23. The summed E-state index contributed by atoms with van der Waals surface area (Å²) in [6.07, 6.45) is 3.38. The van der Waals surface area contributed by atoms with Crippen molar-refractivity contribution in [3.8, 4) is 0 Å². The quantitative estimate of drug-likeness (QED) is 0.584. The number of thiol groups is 1. The van der Waals surface area contributed by atoms with Crippen LogP contribution >= 0.6 is 12.6 Å². The molecular formula is C9H13N3OS. The zero-order valence-electron chi connectivity index (χ0n) is 8.11. The summed E-state index contributed by atoms with van der Waals surface area (Å²) in [6.45, 7) is 1.93. The number of hydrogen-bond donors (Lipinski definition) is 3. The minimum Gasteiger partial charge on any atom is -0.364 e. The summed E-state index contributed by atoms with van der Waals surface area (Å²) < 4.78 is 0. The van der Waals surface area contributed by atoms with Crippen LogP contribution in [0.1, 0.15) is 6.92 Å². The van der Waals surface area contributed by atoms with E-state index in [-0.39, 0.29) is 0 Å². The first kappa shape index (κ1) is 10.7. The fraction of sp³-hybridized carbons (Fsp3) is 0.222. The third-order valence-electron chi connectivity index (χ3n) is 1.93. The minimum atomic E-state index is -0.473. The molecule has 14 heavy (non-hydrogen) atoms. The molecule has 1 aliphatic rings. The van der Waals surface area contributed by atoms with Crippen molar-refractivity contribution in [2.75, 3.05) is 7.05 Å². The third kappa shape index (κ3) is 2.11. The second-order valence-corrected chi connectivity index (χ2v) is 3.26. The fourth-order valence-corrected chi connectivity index (χ4v) is 1.27. The average molecular weight is 211 g/mol. The molecule has 0 bridgehead atoms. The molecule has 4 nitrogen and oxygen atoms in total. The van der Waals surface area contributed by atoms with Gasteiger partial charge in [0.05, 0.1) is 5.70 Å². The lowest BCUT2D eigenvalue weighted by Crippen LogP contribution is -2.30. The van der Waals surface area contributed by atoms with Gasteiger partial charge in [-0.3, -0.25) is 4.79 Å². The summed E-state index contributed by atoms with van der Waals surface area (Å²) in [7, 11) is 1.84. The number of rotatable bonds is 2. The highest BCUT2D eigenvalue weighted by atomic mass is 32.1. The van der Waals surface area contributed by atoms with Crippen molar-refractivity contribution in [3.05, 3.63) is 34.8 Å². The third-order valence-corrected chi connectivity index (χ3v) is 2.32. The lowest BCUT2D eigenvalue weighted by molar-refractivity contribution is -0.114. The van der Waals surface area contributed by atoms with E-state index in [1.54, 1.807) is 17.8 Å². The van der Waals surface area contributed by atoms with Gasteiger partial charge in [-0.05, 0) is 17.9 Å². The Balaban J connectivity index is 2.87. The van der Waals surface area contributed by atoms with Crippen LogP contribution < -0.4 is 11.1 Å². The van der Waals surface area contributed by atoms with Crippen molar-refractivity contribution < 1.29 is 4.79 Å². The van der Waals surface area contributed by atoms with E-state index in [2.05, 4.69) is 17.9 Å². The molecule has 0 radical (unpaired) electrons. The van der Waals surface area contributed by atoms with Gasteiger partial charge in [-0.1, -0.05) is 0 Å². The van der Waals surface area contributed by atoms with Crippen LogP contribution in [0.3, 0.4) is 0 Å². The molecule has 5 heteroatoms. The molecule has 0 aromatic heterocycles. The zero-order chi connectivity index (χ0) is 10.7. The zero-order valence-corrected chi connectivity index (χ0v) is 9.01. The van der Waals surface area contributed by atoms with Crippen LogP contribution in [0.15, 0.2) is 34.8 Å². The van der Waals surface area contributed by atoms with Crippen LogP contribution in [-0.4, -0.2) is 17.9 Å². The van der Waals surface area contributed by atoms with Gasteiger partial charge >= 0.3 is 0 Å². The largest absolute Gasteiger partial charge is 0.364 e. The van der Waals surface area contributed by atoms with Gasteiger partial charge in [0, 0.05) is 19.4 Å². The topological polar surface area (TPSA) is 58.4 Å². The Kier molecular flexibility index (Phi) is 3.24. The van der Waals surface area contributed by atoms with Crippen LogP contribution in [0.4, 0.5) is 0 Å². The molecule has 0 aliphatic carbocycles. The molecule has 1 rings (SSSR count). The molecule has 0 aromatic rings. The molecule has 1 aliphatic heterocycles. The van der Waals surface area contributed by atoms with Gasteiger partial charge < -0.3 is 16.0 Å². The van der Waals surface area contributed by atoms with Crippen LogP contribution in [0.25, 0.3) is 0 Å². The van der Waals surface area contributed by atoms with Crippen LogP contribution in [0, 0.1) is 0 Å². The SMILES string of the molecule is C/C(=C\S)C1=CNC(C(N)=O)=CN1C. The molecule has 0 saturated heterocycles. The van der Waals surface area contributed by atoms with Gasteiger partial charge in [0.25, 0.3) is 5.91 Å². The van der Waals surface area contributed by atoms with Gasteiger partial charge in [0.2, 0.25) is 0 Å². The van der Waals surface area contributed by atoms with Crippen molar-refractivity contribution in [2.24, 2.45) is 5.73 Å². The first-order valence-corrected chi connectivity index (χ1v) is 4.60. The first-order chi connectivity index (χ1) is 6.56. The first-order valence-electron chi connectivity index (χ1n) is 4.08. The predicted molar refractivity (Wildman–Crippen MR) is 59.0 cm³/mol. The van der Waals surface area contributed by atoms with Gasteiger partial charge in [0.15, 0.2) is 0 Å². The number of amides is 1. The number of carbonyl (C=O) groups is 1. The normalized spacial score (nSPS) is 17.1. The Hall–Kier alpha value is -1.36. The van der Waals surface area contributed by atoms with Gasteiger partial charge in [-0.2, -0.15) is 12.6 Å². The molecule has 0 saturated carbocycles. The van der Waals surface area contributed by atoms with E-state index in [4.69, 9.17) is 5.73 Å². The van der Waals surface area contributed by atoms with Crippen molar-refractivity contribution in [1.29, 1.82) is 0 Å². The number of likely N-dealkylation sites (N-methyl/N-ethyl adjacent to an activating group) is 1. The maximum Gasteiger partial charge on any atom is 0.266 e. The molecule has 0 fully saturated rings. The summed E-state index contributed by atoms with van der Waals surface area (Å²) in [5.74, 6) is -0.473. The number of carbonyl (C=O) groups excluding carboxylic acids is 1. The van der Waals surface area contributed by atoms with Crippen molar-refractivity contribution in [3.63, 3.8) is 0 Å². The monoisotopic (exact) mass is 211 g/mol. The molecule has 0 atom stereocenters. The van der Waals surface area contributed by atoms with E-state index >= 15 is 0 Å². The lowest BCUT2D eigenvalue weighted by atomic mass is 10.2. The van der Waals surface area contributed by atoms with E-state index in [1.807, 2.05) is 18.9 Å². The summed E-state index contributed by atoms with van der Waals surface area (Å²) in [4.78, 5) is 12.7. The van der Waals surface area contributed by atoms with E-state index in [0.29, 0.717) is 5.70 Å². The smallest absolute Gasteiger partial charge is 0.266 e. The fourth-order valence-electron chi connectivity index (χ4n) is 1.14. The van der Waals surface area contributed by atoms with Crippen molar-refractivity contribution in [2.45, 2.75) is 6.92 Å². The summed E-state index contributed by atoms with van der Waals surface area (Å²) in [5.41, 5.74) is 7.46. The molecule has 76 valence electrons. The highest BCUT2D eigenvalue weighted by Crippen LogP contribution is 2.17. The van der Waals surface area contributed by atoms with Crippen molar-refractivity contribution in [1.82, 2.24) is 10.2 Å². The number of primary amides is 1. The molecule has 0 aromatic carbocycles. The Bertz CT molecular complexity index is 344.